The molecule has 108 valence electrons. The summed E-state index contributed by atoms with van der Waals surface area (Å²) in [5.41, 5.74) is 4.47. The zero-order chi connectivity index (χ0) is 15.1. The van der Waals surface area contributed by atoms with Crippen molar-refractivity contribution in [2.45, 2.75) is 0 Å². The van der Waals surface area contributed by atoms with Crippen LogP contribution in [0.5, 0.6) is 11.5 Å². The molecule has 0 bridgehead atoms. The lowest BCUT2D eigenvalue weighted by molar-refractivity contribution is -0.123. The summed E-state index contributed by atoms with van der Waals surface area (Å²) in [4.78, 5) is 23.2. The molecule has 2 amide bonds. The topological polar surface area (TPSA) is 87.7 Å². The first kappa shape index (κ1) is 14.4. The molecule has 0 saturated heterocycles. The lowest BCUT2D eigenvalue weighted by Gasteiger charge is -2.09. The van der Waals surface area contributed by atoms with Crippen LogP contribution in [-0.4, -0.2) is 23.5 Å². The van der Waals surface area contributed by atoms with Crippen LogP contribution in [-0.2, 0) is 4.79 Å². The number of carbonyl (C=O) groups excluding carboxylic acids is 2. The number of hydrazine groups is 1. The number of carbonyl (C=O) groups is 2. The van der Waals surface area contributed by atoms with Gasteiger partial charge in [-0.2, -0.15) is 0 Å². The number of nitrogens with one attached hydrogen (secondary N) is 2. The van der Waals surface area contributed by atoms with Crippen LogP contribution in [0, 0.1) is 0 Å². The predicted molar refractivity (Wildman–Crippen MR) is 75.7 cm³/mol. The minimum atomic E-state index is -0.610. The largest absolute Gasteiger partial charge is 0.507 e. The summed E-state index contributed by atoms with van der Waals surface area (Å²) >= 11 is 0. The number of phenolic OH excluding ortho intramolecular Hbond substituents is 1. The number of hydrogen-bond donors (Lipinski definition) is 3. The first-order valence-corrected chi connectivity index (χ1v) is 6.22. The van der Waals surface area contributed by atoms with E-state index < -0.39 is 11.8 Å². The summed E-state index contributed by atoms with van der Waals surface area (Å²) < 4.78 is 5.22. The van der Waals surface area contributed by atoms with Gasteiger partial charge in [-0.25, -0.2) is 0 Å². The van der Waals surface area contributed by atoms with E-state index in [4.69, 9.17) is 4.74 Å². The molecule has 6 nitrogen and oxygen atoms in total. The maximum Gasteiger partial charge on any atom is 0.276 e. The first-order valence-electron chi connectivity index (χ1n) is 6.22. The van der Waals surface area contributed by atoms with Gasteiger partial charge in [0.05, 0.1) is 5.56 Å². The van der Waals surface area contributed by atoms with Crippen molar-refractivity contribution in [3.05, 3.63) is 60.2 Å². The van der Waals surface area contributed by atoms with E-state index in [0.717, 1.165) is 0 Å². The highest BCUT2D eigenvalue weighted by atomic mass is 16.5. The van der Waals surface area contributed by atoms with Gasteiger partial charge in [-0.3, -0.25) is 20.4 Å². The maximum absolute atomic E-state index is 11.7. The molecule has 2 aromatic carbocycles. The van der Waals surface area contributed by atoms with E-state index >= 15 is 0 Å². The Morgan fingerprint density at radius 3 is 2.33 bits per heavy atom. The van der Waals surface area contributed by atoms with Gasteiger partial charge in [-0.15, -0.1) is 0 Å². The van der Waals surface area contributed by atoms with Crippen LogP contribution in [0.15, 0.2) is 54.6 Å². The fourth-order valence-corrected chi connectivity index (χ4v) is 1.56. The lowest BCUT2D eigenvalue weighted by atomic mass is 10.2. The third-order valence-corrected chi connectivity index (χ3v) is 2.58. The third-order valence-electron chi connectivity index (χ3n) is 2.58. The second kappa shape index (κ2) is 6.95. The average molecular weight is 286 g/mol. The summed E-state index contributed by atoms with van der Waals surface area (Å²) in [7, 11) is 0. The summed E-state index contributed by atoms with van der Waals surface area (Å²) in [6.07, 6.45) is 0. The minimum Gasteiger partial charge on any atom is -0.507 e. The smallest absolute Gasteiger partial charge is 0.276 e. The van der Waals surface area contributed by atoms with Crippen molar-refractivity contribution >= 4 is 11.8 Å². The van der Waals surface area contributed by atoms with Crippen LogP contribution < -0.4 is 15.6 Å². The molecule has 0 unspecified atom stereocenters. The van der Waals surface area contributed by atoms with Gasteiger partial charge in [0.15, 0.2) is 6.61 Å². The normalized spacial score (nSPS) is 9.71. The number of amides is 2. The molecule has 0 aliphatic carbocycles. The molecule has 21 heavy (non-hydrogen) atoms. The van der Waals surface area contributed by atoms with Crippen molar-refractivity contribution in [1.82, 2.24) is 10.9 Å². The highest BCUT2D eigenvalue weighted by Gasteiger charge is 2.11. The number of ether oxygens (including phenoxy) is 1. The summed E-state index contributed by atoms with van der Waals surface area (Å²) in [5.74, 6) is -0.728. The van der Waals surface area contributed by atoms with E-state index in [1.807, 2.05) is 6.07 Å². The van der Waals surface area contributed by atoms with Crippen LogP contribution in [0.1, 0.15) is 10.4 Å². The molecule has 3 N–H and O–H groups in total. The number of hydrogen-bond acceptors (Lipinski definition) is 4. The maximum atomic E-state index is 11.7. The molecule has 0 radical (unpaired) electrons. The van der Waals surface area contributed by atoms with Crippen molar-refractivity contribution in [2.75, 3.05) is 6.61 Å². The van der Waals surface area contributed by atoms with Gasteiger partial charge in [0.1, 0.15) is 11.5 Å². The van der Waals surface area contributed by atoms with E-state index in [1.165, 1.54) is 12.1 Å². The SMILES string of the molecule is O=C(COc1ccccc1)NNC(=O)c1ccccc1O. The average Bonchev–Trinajstić information content (AvgIpc) is 2.52. The second-order valence-electron chi connectivity index (χ2n) is 4.12. The van der Waals surface area contributed by atoms with Gasteiger partial charge in [-0.05, 0) is 24.3 Å². The summed E-state index contributed by atoms with van der Waals surface area (Å²) in [6, 6.07) is 14.9. The Labute approximate surface area is 121 Å². The third kappa shape index (κ3) is 4.24. The lowest BCUT2D eigenvalue weighted by Crippen LogP contribution is -2.43. The Morgan fingerprint density at radius 2 is 1.62 bits per heavy atom. The van der Waals surface area contributed by atoms with E-state index in [0.29, 0.717) is 5.75 Å². The Kier molecular flexibility index (Phi) is 4.76. The Bertz CT molecular complexity index is 629. The molecule has 0 saturated carbocycles. The molecule has 0 atom stereocenters. The van der Waals surface area contributed by atoms with E-state index in [1.54, 1.807) is 36.4 Å². The number of aromatic hydroxyl groups is 1. The highest BCUT2D eigenvalue weighted by molar-refractivity contribution is 5.97. The van der Waals surface area contributed by atoms with Crippen LogP contribution in [0.4, 0.5) is 0 Å². The molecule has 2 rings (SSSR count). The number of benzene rings is 2. The van der Waals surface area contributed by atoms with E-state index in [-0.39, 0.29) is 17.9 Å². The van der Waals surface area contributed by atoms with Crippen molar-refractivity contribution in [3.8, 4) is 11.5 Å². The van der Waals surface area contributed by atoms with Gasteiger partial charge in [0.25, 0.3) is 11.8 Å². The van der Waals surface area contributed by atoms with Crippen molar-refractivity contribution in [1.29, 1.82) is 0 Å². The van der Waals surface area contributed by atoms with Crippen LogP contribution in [0.2, 0.25) is 0 Å². The van der Waals surface area contributed by atoms with Crippen LogP contribution >= 0.6 is 0 Å². The minimum absolute atomic E-state index is 0.0711. The van der Waals surface area contributed by atoms with Crippen LogP contribution in [0.3, 0.4) is 0 Å². The molecule has 2 aromatic rings. The van der Waals surface area contributed by atoms with Gasteiger partial charge in [0, 0.05) is 0 Å². The molecule has 0 heterocycles. The van der Waals surface area contributed by atoms with Gasteiger partial charge in [-0.1, -0.05) is 30.3 Å². The number of phenols is 1. The molecule has 0 aliphatic rings. The predicted octanol–water partition coefficient (Wildman–Crippen LogP) is 1.23. The van der Waals surface area contributed by atoms with E-state index in [9.17, 15) is 14.7 Å². The van der Waals surface area contributed by atoms with Crippen molar-refractivity contribution in [3.63, 3.8) is 0 Å². The molecule has 6 heteroatoms. The Hall–Kier alpha value is -3.02. The molecule has 0 aliphatic heterocycles. The standard InChI is InChI=1S/C15H14N2O4/c18-13-9-5-4-8-12(13)15(20)17-16-14(19)10-21-11-6-2-1-3-7-11/h1-9,18H,10H2,(H,16,19)(H,17,20). The molecule has 0 spiro atoms. The van der Waals surface area contributed by atoms with Crippen molar-refractivity contribution < 1.29 is 19.4 Å². The molecule has 0 fully saturated rings. The fourth-order valence-electron chi connectivity index (χ4n) is 1.56. The molecular formula is C15H14N2O4. The van der Waals surface area contributed by atoms with Gasteiger partial charge in [0.2, 0.25) is 0 Å². The number of para-hydroxylation sites is 2. The molecule has 0 aromatic heterocycles. The van der Waals surface area contributed by atoms with Crippen LogP contribution in [0.25, 0.3) is 0 Å². The zero-order valence-electron chi connectivity index (χ0n) is 11.1. The van der Waals surface area contributed by atoms with Gasteiger partial charge >= 0.3 is 0 Å². The summed E-state index contributed by atoms with van der Waals surface area (Å²) in [5, 5.41) is 9.50. The fraction of sp³-hybridized carbons (Fsp3) is 0.0667. The van der Waals surface area contributed by atoms with E-state index in [2.05, 4.69) is 10.9 Å². The monoisotopic (exact) mass is 286 g/mol. The van der Waals surface area contributed by atoms with Crippen molar-refractivity contribution in [2.24, 2.45) is 0 Å². The Balaban J connectivity index is 1.79. The quantitative estimate of drug-likeness (QED) is 0.738. The van der Waals surface area contributed by atoms with Gasteiger partial charge < -0.3 is 9.84 Å². The Morgan fingerprint density at radius 1 is 0.952 bits per heavy atom. The zero-order valence-corrected chi connectivity index (χ0v) is 11.1. The molecular weight excluding hydrogens is 272 g/mol. The summed E-state index contributed by atoms with van der Waals surface area (Å²) in [6.45, 7) is -0.231. The first-order chi connectivity index (χ1) is 10.2. The second-order valence-corrected chi connectivity index (χ2v) is 4.12. The number of rotatable bonds is 4. The highest BCUT2D eigenvalue weighted by Crippen LogP contribution is 2.14.